The van der Waals surface area contributed by atoms with E-state index in [0.717, 1.165) is 17.7 Å². The molecule has 4 atom stereocenters. The summed E-state index contributed by atoms with van der Waals surface area (Å²) in [6.45, 7) is 4.75. The van der Waals surface area contributed by atoms with Gasteiger partial charge in [0.05, 0.1) is 18.8 Å². The topological polar surface area (TPSA) is 71.0 Å². The summed E-state index contributed by atoms with van der Waals surface area (Å²) in [5, 5.41) is 14.3. The van der Waals surface area contributed by atoms with E-state index >= 15 is 0 Å². The van der Waals surface area contributed by atoms with Gasteiger partial charge in [-0.15, -0.1) is 0 Å². The lowest BCUT2D eigenvalue weighted by Gasteiger charge is -2.56. The Balaban J connectivity index is 1.55. The number of carbonyl (C=O) groups excluding carboxylic acids is 1. The SMILES string of the molecule is Cc1ccc(NC(=O)N2C[C@H]3COCC[C@@]3(O)[C@@H]3COCC[C@@H]32)cc1. The van der Waals surface area contributed by atoms with Crippen molar-refractivity contribution in [2.45, 2.75) is 31.4 Å². The average Bonchev–Trinajstić information content (AvgIpc) is 2.63. The van der Waals surface area contributed by atoms with E-state index < -0.39 is 5.60 Å². The van der Waals surface area contributed by atoms with E-state index in [1.165, 1.54) is 0 Å². The van der Waals surface area contributed by atoms with Crippen LogP contribution in [0.4, 0.5) is 10.5 Å². The fraction of sp³-hybridized carbons (Fsp3) is 0.632. The van der Waals surface area contributed by atoms with E-state index in [2.05, 4.69) is 5.32 Å². The highest BCUT2D eigenvalue weighted by Crippen LogP contribution is 2.44. The number of piperidine rings is 1. The molecule has 2 N–H and O–H groups in total. The molecule has 0 radical (unpaired) electrons. The van der Waals surface area contributed by atoms with Crippen molar-refractivity contribution in [3.8, 4) is 0 Å². The molecule has 4 rings (SSSR count). The van der Waals surface area contributed by atoms with Gasteiger partial charge in [-0.25, -0.2) is 4.79 Å². The van der Waals surface area contributed by atoms with Crippen LogP contribution in [0.15, 0.2) is 24.3 Å². The second-order valence-electron chi connectivity index (χ2n) is 7.50. The summed E-state index contributed by atoms with van der Waals surface area (Å²) in [5.41, 5.74) is 1.16. The number of fused-ring (bicyclic) bond motifs is 3. The predicted octanol–water partition coefficient (Wildman–Crippen LogP) is 2.02. The maximum absolute atomic E-state index is 12.9. The summed E-state index contributed by atoms with van der Waals surface area (Å²) in [5.74, 6) is -0.111. The highest BCUT2D eigenvalue weighted by molar-refractivity contribution is 5.89. The highest BCUT2D eigenvalue weighted by atomic mass is 16.5. The molecule has 2 amide bonds. The number of ether oxygens (including phenoxy) is 2. The fourth-order valence-corrected chi connectivity index (χ4v) is 4.52. The van der Waals surface area contributed by atoms with Crippen molar-refractivity contribution in [2.24, 2.45) is 11.8 Å². The number of nitrogens with one attached hydrogen (secondary N) is 1. The van der Waals surface area contributed by atoms with Crippen molar-refractivity contribution in [1.82, 2.24) is 4.90 Å². The number of amides is 2. The molecule has 0 saturated carbocycles. The molecule has 3 heterocycles. The standard InChI is InChI=1S/C19H26N2O4/c1-13-2-4-15(5-3-13)20-18(22)21-10-14-11-25-9-7-19(14,23)16-12-24-8-6-17(16)21/h2-5,14,16-17,23H,6-12H2,1H3,(H,20,22)/t14-,16+,17-,19-/m0/s1. The van der Waals surface area contributed by atoms with Gasteiger partial charge in [-0.05, 0) is 25.5 Å². The van der Waals surface area contributed by atoms with Gasteiger partial charge in [-0.2, -0.15) is 0 Å². The molecule has 1 aromatic carbocycles. The molecular formula is C19H26N2O4. The number of aliphatic hydroxyl groups is 1. The number of hydrogen-bond donors (Lipinski definition) is 2. The monoisotopic (exact) mass is 346 g/mol. The van der Waals surface area contributed by atoms with Crippen molar-refractivity contribution in [3.05, 3.63) is 29.8 Å². The minimum absolute atomic E-state index is 0.0125. The molecule has 0 aliphatic carbocycles. The van der Waals surface area contributed by atoms with Crippen LogP contribution in [0.1, 0.15) is 18.4 Å². The molecule has 0 unspecified atom stereocenters. The van der Waals surface area contributed by atoms with Crippen LogP contribution in [0, 0.1) is 18.8 Å². The lowest BCUT2D eigenvalue weighted by atomic mass is 9.66. The highest BCUT2D eigenvalue weighted by Gasteiger charge is 2.56. The van der Waals surface area contributed by atoms with Gasteiger partial charge in [0.15, 0.2) is 0 Å². The predicted molar refractivity (Wildman–Crippen MR) is 93.5 cm³/mol. The number of urea groups is 1. The van der Waals surface area contributed by atoms with Gasteiger partial charge in [-0.3, -0.25) is 0 Å². The molecule has 0 spiro atoms. The molecule has 1 aromatic rings. The summed E-state index contributed by atoms with van der Waals surface area (Å²) in [4.78, 5) is 14.8. The molecular weight excluding hydrogens is 320 g/mol. The van der Waals surface area contributed by atoms with Gasteiger partial charge in [0, 0.05) is 49.7 Å². The molecule has 3 aliphatic rings. The Hall–Kier alpha value is -1.63. The number of nitrogens with zero attached hydrogens (tertiary/aromatic N) is 1. The number of rotatable bonds is 1. The van der Waals surface area contributed by atoms with E-state index in [-0.39, 0.29) is 23.9 Å². The average molecular weight is 346 g/mol. The van der Waals surface area contributed by atoms with Gasteiger partial charge in [-0.1, -0.05) is 17.7 Å². The zero-order valence-electron chi connectivity index (χ0n) is 14.6. The van der Waals surface area contributed by atoms with Crippen molar-refractivity contribution < 1.29 is 19.4 Å². The second-order valence-corrected chi connectivity index (χ2v) is 7.50. The lowest BCUT2D eigenvalue weighted by molar-refractivity contribution is -0.211. The zero-order valence-corrected chi connectivity index (χ0v) is 14.6. The number of carbonyl (C=O) groups is 1. The lowest BCUT2D eigenvalue weighted by Crippen LogP contribution is -2.69. The fourth-order valence-electron chi connectivity index (χ4n) is 4.52. The second kappa shape index (κ2) is 6.59. The van der Waals surface area contributed by atoms with Crippen LogP contribution in [-0.2, 0) is 9.47 Å². The Morgan fingerprint density at radius 2 is 2.00 bits per heavy atom. The molecule has 3 fully saturated rings. The first-order valence-electron chi connectivity index (χ1n) is 9.10. The first kappa shape index (κ1) is 16.8. The maximum atomic E-state index is 12.9. The molecule has 136 valence electrons. The Labute approximate surface area is 148 Å². The minimum atomic E-state index is -0.788. The van der Waals surface area contributed by atoms with E-state index in [1.807, 2.05) is 36.1 Å². The molecule has 6 nitrogen and oxygen atoms in total. The smallest absolute Gasteiger partial charge is 0.322 e. The number of benzene rings is 1. The number of aryl methyl sites for hydroxylation is 1. The van der Waals surface area contributed by atoms with Gasteiger partial charge in [0.25, 0.3) is 0 Å². The van der Waals surface area contributed by atoms with E-state index in [9.17, 15) is 9.90 Å². The molecule has 3 aliphatic heterocycles. The summed E-state index contributed by atoms with van der Waals surface area (Å²) < 4.78 is 11.2. The first-order valence-corrected chi connectivity index (χ1v) is 9.10. The summed E-state index contributed by atoms with van der Waals surface area (Å²) in [7, 11) is 0. The summed E-state index contributed by atoms with van der Waals surface area (Å²) >= 11 is 0. The Bertz CT molecular complexity index is 635. The van der Waals surface area contributed by atoms with Gasteiger partial charge in [0.2, 0.25) is 0 Å². The van der Waals surface area contributed by atoms with Gasteiger partial charge in [0.1, 0.15) is 0 Å². The van der Waals surface area contributed by atoms with Gasteiger partial charge >= 0.3 is 6.03 Å². The summed E-state index contributed by atoms with van der Waals surface area (Å²) in [6, 6.07) is 7.71. The molecule has 6 heteroatoms. The third-order valence-corrected chi connectivity index (χ3v) is 6.02. The number of likely N-dealkylation sites (tertiary alicyclic amines) is 1. The van der Waals surface area contributed by atoms with Crippen LogP contribution in [0.5, 0.6) is 0 Å². The van der Waals surface area contributed by atoms with Crippen LogP contribution in [0.2, 0.25) is 0 Å². The molecule has 0 bridgehead atoms. The van der Waals surface area contributed by atoms with Crippen LogP contribution < -0.4 is 5.32 Å². The third-order valence-electron chi connectivity index (χ3n) is 6.02. The van der Waals surface area contributed by atoms with Crippen molar-refractivity contribution in [1.29, 1.82) is 0 Å². The third kappa shape index (κ3) is 3.03. The number of hydrogen-bond acceptors (Lipinski definition) is 4. The zero-order chi connectivity index (χ0) is 17.4. The van der Waals surface area contributed by atoms with Crippen LogP contribution in [-0.4, -0.2) is 60.7 Å². The largest absolute Gasteiger partial charge is 0.389 e. The van der Waals surface area contributed by atoms with Crippen LogP contribution >= 0.6 is 0 Å². The molecule has 3 saturated heterocycles. The molecule has 25 heavy (non-hydrogen) atoms. The molecule has 0 aromatic heterocycles. The Morgan fingerprint density at radius 1 is 1.24 bits per heavy atom. The number of anilines is 1. The van der Waals surface area contributed by atoms with Crippen LogP contribution in [0.3, 0.4) is 0 Å². The minimum Gasteiger partial charge on any atom is -0.389 e. The van der Waals surface area contributed by atoms with E-state index in [4.69, 9.17) is 9.47 Å². The summed E-state index contributed by atoms with van der Waals surface area (Å²) in [6.07, 6.45) is 1.39. The van der Waals surface area contributed by atoms with E-state index in [0.29, 0.717) is 39.4 Å². The van der Waals surface area contributed by atoms with Crippen molar-refractivity contribution >= 4 is 11.7 Å². The Morgan fingerprint density at radius 3 is 2.80 bits per heavy atom. The van der Waals surface area contributed by atoms with Crippen molar-refractivity contribution in [2.75, 3.05) is 38.3 Å². The first-order chi connectivity index (χ1) is 12.1. The normalized spacial score (nSPS) is 34.8. The Kier molecular flexibility index (Phi) is 4.43. The van der Waals surface area contributed by atoms with Gasteiger partial charge < -0.3 is 24.8 Å². The maximum Gasteiger partial charge on any atom is 0.322 e. The van der Waals surface area contributed by atoms with Crippen molar-refractivity contribution in [3.63, 3.8) is 0 Å². The quantitative estimate of drug-likeness (QED) is 0.816. The van der Waals surface area contributed by atoms with E-state index in [1.54, 1.807) is 0 Å². The van der Waals surface area contributed by atoms with Crippen LogP contribution in [0.25, 0.3) is 0 Å².